The zero-order valence-corrected chi connectivity index (χ0v) is 15.9. The standard InChI is InChI=1S/C19H17ClN2O3S/c1-21-18(23)11-25-15-8-7-12(10-16(15)24-2)9-13(20)19-22-14-5-3-4-6-17(14)26-19/h3-10H,11H2,1-2H3,(H,21,23)/b13-9-. The van der Waals surface area contributed by atoms with Crippen LogP contribution in [-0.2, 0) is 4.79 Å². The second kappa shape index (κ2) is 8.21. The lowest BCUT2D eigenvalue weighted by molar-refractivity contribution is -0.122. The lowest BCUT2D eigenvalue weighted by Crippen LogP contribution is -2.24. The van der Waals surface area contributed by atoms with Crippen LogP contribution < -0.4 is 14.8 Å². The molecule has 0 bridgehead atoms. The quantitative estimate of drug-likeness (QED) is 0.688. The van der Waals surface area contributed by atoms with Gasteiger partial charge < -0.3 is 14.8 Å². The van der Waals surface area contributed by atoms with Crippen molar-refractivity contribution in [3.05, 3.63) is 53.0 Å². The van der Waals surface area contributed by atoms with Crippen LogP contribution in [0.3, 0.4) is 0 Å². The van der Waals surface area contributed by atoms with Gasteiger partial charge in [0.15, 0.2) is 18.1 Å². The summed E-state index contributed by atoms with van der Waals surface area (Å²) < 4.78 is 11.9. The number of halogens is 1. The van der Waals surface area contributed by atoms with Crippen LogP contribution >= 0.6 is 22.9 Å². The fourth-order valence-corrected chi connectivity index (χ4v) is 3.45. The molecule has 26 heavy (non-hydrogen) atoms. The average Bonchev–Trinajstić information content (AvgIpc) is 3.11. The number of rotatable bonds is 6. The molecular weight excluding hydrogens is 372 g/mol. The van der Waals surface area contributed by atoms with Crippen molar-refractivity contribution < 1.29 is 14.3 Å². The van der Waals surface area contributed by atoms with Crippen molar-refractivity contribution in [3.63, 3.8) is 0 Å². The van der Waals surface area contributed by atoms with E-state index in [-0.39, 0.29) is 12.5 Å². The predicted molar refractivity (Wildman–Crippen MR) is 106 cm³/mol. The minimum Gasteiger partial charge on any atom is -0.493 e. The van der Waals surface area contributed by atoms with Gasteiger partial charge in [-0.2, -0.15) is 0 Å². The summed E-state index contributed by atoms with van der Waals surface area (Å²) in [5.41, 5.74) is 1.77. The summed E-state index contributed by atoms with van der Waals surface area (Å²) in [6.07, 6.45) is 1.82. The number of likely N-dealkylation sites (N-methyl/N-ethyl adjacent to an activating group) is 1. The Balaban J connectivity index is 1.84. The number of methoxy groups -OCH3 is 1. The molecule has 2 aromatic carbocycles. The molecule has 5 nitrogen and oxygen atoms in total. The summed E-state index contributed by atoms with van der Waals surface area (Å²) in [5, 5.41) is 3.81. The highest BCUT2D eigenvalue weighted by Crippen LogP contribution is 2.33. The molecule has 0 saturated heterocycles. The van der Waals surface area contributed by atoms with Crippen LogP contribution in [0.4, 0.5) is 0 Å². The Morgan fingerprint density at radius 1 is 1.27 bits per heavy atom. The maximum atomic E-state index is 11.3. The SMILES string of the molecule is CNC(=O)COc1ccc(/C=C(\Cl)c2nc3ccccc3s2)cc1OC. The van der Waals surface area contributed by atoms with Crippen molar-refractivity contribution in [1.29, 1.82) is 0 Å². The molecule has 1 N–H and O–H groups in total. The summed E-state index contributed by atoms with van der Waals surface area (Å²) >= 11 is 7.99. The van der Waals surface area contributed by atoms with E-state index < -0.39 is 0 Å². The van der Waals surface area contributed by atoms with E-state index in [4.69, 9.17) is 21.1 Å². The van der Waals surface area contributed by atoms with Gasteiger partial charge in [-0.15, -0.1) is 11.3 Å². The van der Waals surface area contributed by atoms with E-state index in [0.29, 0.717) is 16.5 Å². The van der Waals surface area contributed by atoms with Gasteiger partial charge in [0.25, 0.3) is 5.91 Å². The third-order valence-electron chi connectivity index (χ3n) is 3.62. The number of hydrogen-bond donors (Lipinski definition) is 1. The Morgan fingerprint density at radius 3 is 2.81 bits per heavy atom. The minimum atomic E-state index is -0.213. The second-order valence-electron chi connectivity index (χ2n) is 5.35. The molecule has 134 valence electrons. The van der Waals surface area contributed by atoms with Crippen LogP contribution in [0.5, 0.6) is 11.5 Å². The largest absolute Gasteiger partial charge is 0.493 e. The molecule has 1 aromatic heterocycles. The molecule has 0 radical (unpaired) electrons. The maximum absolute atomic E-state index is 11.3. The van der Waals surface area contributed by atoms with Crippen LogP contribution in [0, 0.1) is 0 Å². The number of carbonyl (C=O) groups excluding carboxylic acids is 1. The molecular formula is C19H17ClN2O3S. The van der Waals surface area contributed by atoms with E-state index >= 15 is 0 Å². The highest BCUT2D eigenvalue weighted by molar-refractivity contribution is 7.20. The number of nitrogens with one attached hydrogen (secondary N) is 1. The molecule has 0 unspecified atom stereocenters. The van der Waals surface area contributed by atoms with Gasteiger partial charge in [-0.05, 0) is 35.9 Å². The maximum Gasteiger partial charge on any atom is 0.257 e. The summed E-state index contributed by atoms with van der Waals surface area (Å²) in [6.45, 7) is -0.0749. The zero-order chi connectivity index (χ0) is 18.5. The van der Waals surface area contributed by atoms with Crippen LogP contribution in [-0.4, -0.2) is 31.7 Å². The Labute approximate surface area is 160 Å². The number of benzene rings is 2. The van der Waals surface area contributed by atoms with Gasteiger partial charge >= 0.3 is 0 Å². The first kappa shape index (κ1) is 18.2. The van der Waals surface area contributed by atoms with E-state index in [1.165, 1.54) is 11.3 Å². The van der Waals surface area contributed by atoms with E-state index in [9.17, 15) is 4.79 Å². The number of ether oxygens (including phenoxy) is 2. The Hall–Kier alpha value is -2.57. The van der Waals surface area contributed by atoms with Crippen molar-refractivity contribution in [2.45, 2.75) is 0 Å². The number of hydrogen-bond acceptors (Lipinski definition) is 5. The molecule has 0 atom stereocenters. The van der Waals surface area contributed by atoms with Gasteiger partial charge in [0, 0.05) is 7.05 Å². The molecule has 3 aromatic rings. The number of nitrogens with zero attached hydrogens (tertiary/aromatic N) is 1. The van der Waals surface area contributed by atoms with E-state index in [2.05, 4.69) is 10.3 Å². The van der Waals surface area contributed by atoms with E-state index in [0.717, 1.165) is 20.8 Å². The Kier molecular flexibility index (Phi) is 5.75. The van der Waals surface area contributed by atoms with Crippen molar-refractivity contribution in [1.82, 2.24) is 10.3 Å². The third-order valence-corrected chi connectivity index (χ3v) is 5.09. The predicted octanol–water partition coefficient (Wildman–Crippen LogP) is 4.17. The lowest BCUT2D eigenvalue weighted by atomic mass is 10.2. The van der Waals surface area contributed by atoms with E-state index in [1.54, 1.807) is 26.3 Å². The smallest absolute Gasteiger partial charge is 0.257 e. The summed E-state index contributed by atoms with van der Waals surface area (Å²) in [4.78, 5) is 15.9. The number of thiazole rings is 1. The number of aromatic nitrogens is 1. The number of amides is 1. The molecule has 7 heteroatoms. The fourth-order valence-electron chi connectivity index (χ4n) is 2.29. The summed E-state index contributed by atoms with van der Waals surface area (Å²) in [7, 11) is 3.10. The Morgan fingerprint density at radius 2 is 2.08 bits per heavy atom. The first-order valence-electron chi connectivity index (χ1n) is 7.85. The minimum absolute atomic E-state index is 0.0749. The lowest BCUT2D eigenvalue weighted by Gasteiger charge is -2.10. The van der Waals surface area contributed by atoms with Gasteiger partial charge in [-0.1, -0.05) is 29.8 Å². The van der Waals surface area contributed by atoms with Gasteiger partial charge in [-0.25, -0.2) is 4.98 Å². The molecule has 0 saturated carbocycles. The molecule has 1 amide bonds. The van der Waals surface area contributed by atoms with E-state index in [1.807, 2.05) is 36.4 Å². The van der Waals surface area contributed by atoms with Gasteiger partial charge in [0.2, 0.25) is 0 Å². The molecule has 0 aliphatic rings. The molecule has 0 spiro atoms. The number of para-hydroxylation sites is 1. The van der Waals surface area contributed by atoms with Crippen LogP contribution in [0.1, 0.15) is 10.6 Å². The average molecular weight is 389 g/mol. The van der Waals surface area contributed by atoms with Crippen molar-refractivity contribution in [2.75, 3.05) is 20.8 Å². The highest BCUT2D eigenvalue weighted by Gasteiger charge is 2.10. The molecule has 0 fully saturated rings. The number of fused-ring (bicyclic) bond motifs is 1. The molecule has 1 heterocycles. The monoisotopic (exact) mass is 388 g/mol. The van der Waals surface area contributed by atoms with Gasteiger partial charge in [0.1, 0.15) is 5.01 Å². The van der Waals surface area contributed by atoms with Crippen LogP contribution in [0.25, 0.3) is 21.3 Å². The van der Waals surface area contributed by atoms with Crippen molar-refractivity contribution >= 4 is 50.2 Å². The first-order chi connectivity index (χ1) is 12.6. The van der Waals surface area contributed by atoms with Crippen LogP contribution in [0.15, 0.2) is 42.5 Å². The highest BCUT2D eigenvalue weighted by atomic mass is 35.5. The van der Waals surface area contributed by atoms with Crippen molar-refractivity contribution in [3.8, 4) is 11.5 Å². The number of carbonyl (C=O) groups is 1. The Bertz CT molecular complexity index is 935. The zero-order valence-electron chi connectivity index (χ0n) is 14.3. The fraction of sp³-hybridized carbons (Fsp3) is 0.158. The third kappa shape index (κ3) is 4.15. The van der Waals surface area contributed by atoms with Crippen molar-refractivity contribution in [2.24, 2.45) is 0 Å². The second-order valence-corrected chi connectivity index (χ2v) is 6.79. The molecule has 0 aliphatic carbocycles. The molecule has 3 rings (SSSR count). The topological polar surface area (TPSA) is 60.5 Å². The van der Waals surface area contributed by atoms with Gasteiger partial charge in [0.05, 0.1) is 22.4 Å². The normalized spacial score (nSPS) is 11.4. The molecule has 0 aliphatic heterocycles. The van der Waals surface area contributed by atoms with Gasteiger partial charge in [-0.3, -0.25) is 4.79 Å². The first-order valence-corrected chi connectivity index (χ1v) is 9.04. The summed E-state index contributed by atoms with van der Waals surface area (Å²) in [6, 6.07) is 13.3. The summed E-state index contributed by atoms with van der Waals surface area (Å²) in [5.74, 6) is 0.802. The van der Waals surface area contributed by atoms with Crippen LogP contribution in [0.2, 0.25) is 0 Å².